The molecule has 0 bridgehead atoms. The molecule has 1 aromatic heterocycles. The Morgan fingerprint density at radius 3 is 2.81 bits per heavy atom. The standard InChI is InChI=1S/C22H28N2O2S/c1-5-12-24(22-23-18-8-6-7-9-20(18)27-22)21(25)11-10-17-13-15(2)16(3)19(14-17)26-4/h5,13-14H,1,6-12H2,2-4H3. The molecule has 0 saturated heterocycles. The Balaban J connectivity index is 1.73. The van der Waals surface area contributed by atoms with Gasteiger partial charge in [-0.2, -0.15) is 0 Å². The van der Waals surface area contributed by atoms with Crippen LogP contribution in [0.25, 0.3) is 0 Å². The van der Waals surface area contributed by atoms with Crippen molar-refractivity contribution in [2.24, 2.45) is 0 Å². The number of carbonyl (C=O) groups excluding carboxylic acids is 1. The second-order valence-corrected chi connectivity index (χ2v) is 8.17. The van der Waals surface area contributed by atoms with Crippen LogP contribution in [0, 0.1) is 13.8 Å². The lowest BCUT2D eigenvalue weighted by Crippen LogP contribution is -2.31. The predicted molar refractivity (Wildman–Crippen MR) is 112 cm³/mol. The van der Waals surface area contributed by atoms with Crippen molar-refractivity contribution in [3.63, 3.8) is 0 Å². The zero-order chi connectivity index (χ0) is 19.4. The summed E-state index contributed by atoms with van der Waals surface area (Å²) in [4.78, 5) is 20.8. The van der Waals surface area contributed by atoms with Gasteiger partial charge in [0.1, 0.15) is 5.75 Å². The van der Waals surface area contributed by atoms with Crippen molar-refractivity contribution in [3.05, 3.63) is 52.0 Å². The van der Waals surface area contributed by atoms with Crippen LogP contribution in [0.2, 0.25) is 0 Å². The molecule has 144 valence electrons. The first-order valence-corrected chi connectivity index (χ1v) is 10.4. The van der Waals surface area contributed by atoms with Crippen molar-refractivity contribution < 1.29 is 9.53 Å². The molecule has 3 rings (SSSR count). The summed E-state index contributed by atoms with van der Waals surface area (Å²) < 4.78 is 5.46. The Morgan fingerprint density at radius 2 is 2.11 bits per heavy atom. The highest BCUT2D eigenvalue weighted by Gasteiger charge is 2.22. The van der Waals surface area contributed by atoms with Gasteiger partial charge in [-0.1, -0.05) is 12.1 Å². The second kappa shape index (κ2) is 8.70. The van der Waals surface area contributed by atoms with E-state index in [0.29, 0.717) is 19.4 Å². The van der Waals surface area contributed by atoms with Crippen LogP contribution in [-0.2, 0) is 24.1 Å². The Hall–Kier alpha value is -2.14. The average Bonchev–Trinajstić information content (AvgIpc) is 3.10. The van der Waals surface area contributed by atoms with Gasteiger partial charge in [-0.3, -0.25) is 9.69 Å². The van der Waals surface area contributed by atoms with Crippen LogP contribution in [0.15, 0.2) is 24.8 Å². The third-order valence-corrected chi connectivity index (χ3v) is 6.39. The Labute approximate surface area is 165 Å². The number of rotatable bonds is 7. The van der Waals surface area contributed by atoms with Gasteiger partial charge in [-0.05, 0) is 68.7 Å². The lowest BCUT2D eigenvalue weighted by atomic mass is 10.0. The Morgan fingerprint density at radius 1 is 1.33 bits per heavy atom. The summed E-state index contributed by atoms with van der Waals surface area (Å²) >= 11 is 1.67. The van der Waals surface area contributed by atoms with Gasteiger partial charge in [0, 0.05) is 17.8 Å². The summed E-state index contributed by atoms with van der Waals surface area (Å²) in [5.41, 5.74) is 4.64. The molecule has 5 heteroatoms. The first kappa shape index (κ1) is 19.6. The van der Waals surface area contributed by atoms with Crippen molar-refractivity contribution in [2.75, 3.05) is 18.6 Å². The zero-order valence-electron chi connectivity index (χ0n) is 16.5. The van der Waals surface area contributed by atoms with E-state index < -0.39 is 0 Å². The molecule has 0 N–H and O–H groups in total. The molecular weight excluding hydrogens is 356 g/mol. The lowest BCUT2D eigenvalue weighted by molar-refractivity contribution is -0.118. The van der Waals surface area contributed by atoms with E-state index in [2.05, 4.69) is 26.5 Å². The monoisotopic (exact) mass is 384 g/mol. The number of methoxy groups -OCH3 is 1. The highest BCUT2D eigenvalue weighted by molar-refractivity contribution is 7.16. The summed E-state index contributed by atoms with van der Waals surface area (Å²) in [5.74, 6) is 0.978. The van der Waals surface area contributed by atoms with Crippen LogP contribution in [0.3, 0.4) is 0 Å². The van der Waals surface area contributed by atoms with Crippen molar-refractivity contribution in [2.45, 2.75) is 52.4 Å². The molecule has 0 saturated carbocycles. The van der Waals surface area contributed by atoms with Crippen LogP contribution >= 0.6 is 11.3 Å². The molecular formula is C22H28N2O2S. The van der Waals surface area contributed by atoms with E-state index in [4.69, 9.17) is 9.72 Å². The summed E-state index contributed by atoms with van der Waals surface area (Å²) in [7, 11) is 1.69. The molecule has 0 fully saturated rings. The molecule has 0 radical (unpaired) electrons. The number of carbonyl (C=O) groups is 1. The van der Waals surface area contributed by atoms with Crippen LogP contribution in [0.4, 0.5) is 5.13 Å². The first-order valence-electron chi connectivity index (χ1n) is 9.57. The number of fused-ring (bicyclic) bond motifs is 1. The molecule has 27 heavy (non-hydrogen) atoms. The quantitative estimate of drug-likeness (QED) is 0.644. The normalized spacial score (nSPS) is 13.1. The van der Waals surface area contributed by atoms with Gasteiger partial charge >= 0.3 is 0 Å². The number of anilines is 1. The maximum absolute atomic E-state index is 12.9. The molecule has 0 aliphatic heterocycles. The summed E-state index contributed by atoms with van der Waals surface area (Å²) in [6.45, 7) is 8.45. The minimum absolute atomic E-state index is 0.0955. The molecule has 2 aromatic rings. The highest BCUT2D eigenvalue weighted by atomic mass is 32.1. The van der Waals surface area contributed by atoms with Gasteiger partial charge in [-0.25, -0.2) is 4.98 Å². The van der Waals surface area contributed by atoms with Crippen molar-refractivity contribution >= 4 is 22.4 Å². The molecule has 0 atom stereocenters. The molecule has 0 spiro atoms. The van der Waals surface area contributed by atoms with E-state index in [1.54, 1.807) is 29.4 Å². The smallest absolute Gasteiger partial charge is 0.229 e. The van der Waals surface area contributed by atoms with Crippen LogP contribution in [0.5, 0.6) is 5.75 Å². The molecule has 1 heterocycles. The predicted octanol–water partition coefficient (Wildman–Crippen LogP) is 4.80. The fourth-order valence-corrected chi connectivity index (χ4v) is 4.69. The number of aromatic nitrogens is 1. The maximum Gasteiger partial charge on any atom is 0.229 e. The number of ether oxygens (including phenoxy) is 1. The molecule has 1 amide bonds. The van der Waals surface area contributed by atoms with Crippen LogP contribution < -0.4 is 9.64 Å². The summed E-state index contributed by atoms with van der Waals surface area (Å²) in [6, 6.07) is 4.18. The number of amides is 1. The van der Waals surface area contributed by atoms with E-state index in [1.165, 1.54) is 29.0 Å². The average molecular weight is 385 g/mol. The van der Waals surface area contributed by atoms with Gasteiger partial charge in [0.15, 0.2) is 5.13 Å². The molecule has 1 aliphatic carbocycles. The van der Waals surface area contributed by atoms with Crippen LogP contribution in [-0.4, -0.2) is 24.5 Å². The van der Waals surface area contributed by atoms with E-state index in [9.17, 15) is 4.79 Å². The minimum Gasteiger partial charge on any atom is -0.496 e. The van der Waals surface area contributed by atoms with Crippen molar-refractivity contribution in [1.29, 1.82) is 0 Å². The second-order valence-electron chi connectivity index (χ2n) is 7.11. The van der Waals surface area contributed by atoms with E-state index in [1.807, 2.05) is 6.07 Å². The fraction of sp³-hybridized carbons (Fsp3) is 0.455. The topological polar surface area (TPSA) is 42.4 Å². The third kappa shape index (κ3) is 4.41. The third-order valence-electron chi connectivity index (χ3n) is 5.20. The number of benzene rings is 1. The van der Waals surface area contributed by atoms with Gasteiger partial charge in [0.2, 0.25) is 5.91 Å². The molecule has 0 unspecified atom stereocenters. The van der Waals surface area contributed by atoms with Gasteiger partial charge in [0.05, 0.1) is 12.8 Å². The van der Waals surface area contributed by atoms with Gasteiger partial charge in [-0.15, -0.1) is 17.9 Å². The van der Waals surface area contributed by atoms with Gasteiger partial charge < -0.3 is 4.74 Å². The zero-order valence-corrected chi connectivity index (χ0v) is 17.3. The lowest BCUT2D eigenvalue weighted by Gasteiger charge is -2.18. The SMILES string of the molecule is C=CCN(C(=O)CCc1cc(C)c(C)c(OC)c1)c1nc2c(s1)CCCC2. The van der Waals surface area contributed by atoms with Gasteiger partial charge in [0.25, 0.3) is 0 Å². The van der Waals surface area contributed by atoms with E-state index >= 15 is 0 Å². The number of hydrogen-bond donors (Lipinski definition) is 0. The minimum atomic E-state index is 0.0955. The number of hydrogen-bond acceptors (Lipinski definition) is 4. The van der Waals surface area contributed by atoms with Crippen molar-refractivity contribution in [1.82, 2.24) is 4.98 Å². The fourth-order valence-electron chi connectivity index (χ4n) is 3.51. The summed E-state index contributed by atoms with van der Waals surface area (Å²) in [6.07, 6.45) is 7.45. The number of nitrogens with zero attached hydrogens (tertiary/aromatic N) is 2. The number of aryl methyl sites for hydroxylation is 4. The van der Waals surface area contributed by atoms with Crippen molar-refractivity contribution in [3.8, 4) is 5.75 Å². The summed E-state index contributed by atoms with van der Waals surface area (Å²) in [5, 5.41) is 0.824. The largest absolute Gasteiger partial charge is 0.496 e. The Bertz CT molecular complexity index is 818. The van der Waals surface area contributed by atoms with E-state index in [0.717, 1.165) is 34.8 Å². The molecule has 1 aliphatic rings. The van der Waals surface area contributed by atoms with E-state index in [-0.39, 0.29) is 5.91 Å². The molecule has 1 aromatic carbocycles. The highest BCUT2D eigenvalue weighted by Crippen LogP contribution is 2.32. The maximum atomic E-state index is 12.9. The molecule has 4 nitrogen and oxygen atoms in total. The Kier molecular flexibility index (Phi) is 6.32. The number of thiazole rings is 1. The first-order chi connectivity index (χ1) is 13.0. The van der Waals surface area contributed by atoms with Crippen LogP contribution in [0.1, 0.15) is 46.5 Å².